The number of thiophene rings is 1. The van der Waals surface area contributed by atoms with Crippen molar-refractivity contribution in [2.75, 3.05) is 26.2 Å². The first-order chi connectivity index (χ1) is 9.75. The lowest BCUT2D eigenvalue weighted by molar-refractivity contribution is 0.198. The molecule has 0 amide bonds. The van der Waals surface area contributed by atoms with E-state index in [9.17, 15) is 5.11 Å². The lowest BCUT2D eigenvalue weighted by Gasteiger charge is -2.35. The Balaban J connectivity index is 2.00. The number of benzene rings is 1. The summed E-state index contributed by atoms with van der Waals surface area (Å²) in [5.74, 6) is 0.405. The molecule has 0 unspecified atom stereocenters. The van der Waals surface area contributed by atoms with E-state index < -0.39 is 0 Å². The Bertz CT molecular complexity index is 562. The smallest absolute Gasteiger partial charge is 0.121 e. The molecule has 3 rings (SSSR count). The molecule has 1 aromatic carbocycles. The topological polar surface area (TPSA) is 35.5 Å². The van der Waals surface area contributed by atoms with E-state index in [1.807, 2.05) is 13.0 Å². The number of nitrogens with one attached hydrogen (secondary N) is 1. The number of hydrogen-bond acceptors (Lipinski definition) is 4. The molecule has 2 heterocycles. The van der Waals surface area contributed by atoms with Gasteiger partial charge in [-0.3, -0.25) is 4.90 Å². The molecule has 0 spiro atoms. The van der Waals surface area contributed by atoms with E-state index in [-0.39, 0.29) is 6.04 Å². The van der Waals surface area contributed by atoms with Gasteiger partial charge in [0, 0.05) is 36.6 Å². The largest absolute Gasteiger partial charge is 0.508 e. The van der Waals surface area contributed by atoms with Crippen LogP contribution >= 0.6 is 11.3 Å². The van der Waals surface area contributed by atoms with Crippen molar-refractivity contribution in [3.8, 4) is 5.75 Å². The SMILES string of the molecule is Cc1ccc([C@H](c2cccs2)N2CCNCC2)c(O)c1. The molecule has 0 radical (unpaired) electrons. The first-order valence-electron chi connectivity index (χ1n) is 7.03. The van der Waals surface area contributed by atoms with Crippen LogP contribution in [0.1, 0.15) is 22.0 Å². The third-order valence-corrected chi connectivity index (χ3v) is 4.73. The van der Waals surface area contributed by atoms with Gasteiger partial charge in [-0.2, -0.15) is 0 Å². The van der Waals surface area contributed by atoms with Gasteiger partial charge in [-0.05, 0) is 30.0 Å². The van der Waals surface area contributed by atoms with Crippen molar-refractivity contribution in [2.45, 2.75) is 13.0 Å². The number of phenols is 1. The average Bonchev–Trinajstić information content (AvgIpc) is 2.97. The standard InChI is InChI=1S/C16H20N2OS/c1-12-4-5-13(14(19)11-12)16(15-3-2-10-20-15)18-8-6-17-7-9-18/h2-5,10-11,16-17,19H,6-9H2,1H3/t16-/m1/s1. The minimum absolute atomic E-state index is 0.165. The Morgan fingerprint density at radius 1 is 1.25 bits per heavy atom. The van der Waals surface area contributed by atoms with Crippen LogP contribution in [0.4, 0.5) is 0 Å². The number of aromatic hydroxyl groups is 1. The second-order valence-corrected chi connectivity index (χ2v) is 6.25. The fraction of sp³-hybridized carbons (Fsp3) is 0.375. The van der Waals surface area contributed by atoms with Crippen LogP contribution in [0, 0.1) is 6.92 Å². The third kappa shape index (κ3) is 2.73. The normalized spacial score (nSPS) is 18.1. The quantitative estimate of drug-likeness (QED) is 0.911. The van der Waals surface area contributed by atoms with Crippen molar-refractivity contribution < 1.29 is 5.11 Å². The van der Waals surface area contributed by atoms with E-state index in [1.165, 1.54) is 4.88 Å². The van der Waals surface area contributed by atoms with E-state index in [1.54, 1.807) is 11.3 Å². The predicted octanol–water partition coefficient (Wildman–Crippen LogP) is 2.76. The van der Waals surface area contributed by atoms with Gasteiger partial charge in [0.25, 0.3) is 0 Å². The summed E-state index contributed by atoms with van der Waals surface area (Å²) in [5, 5.41) is 15.8. The number of piperazine rings is 1. The van der Waals surface area contributed by atoms with Crippen LogP contribution in [0.25, 0.3) is 0 Å². The lowest BCUT2D eigenvalue weighted by Crippen LogP contribution is -2.45. The number of phenolic OH excluding ortho intramolecular Hbond substituents is 1. The van der Waals surface area contributed by atoms with E-state index in [2.05, 4.69) is 39.9 Å². The van der Waals surface area contributed by atoms with Gasteiger partial charge < -0.3 is 10.4 Å². The van der Waals surface area contributed by atoms with Crippen LogP contribution < -0.4 is 5.32 Å². The minimum Gasteiger partial charge on any atom is -0.508 e. The molecule has 2 aromatic rings. The fourth-order valence-electron chi connectivity index (χ4n) is 2.80. The van der Waals surface area contributed by atoms with Gasteiger partial charge in [-0.1, -0.05) is 18.2 Å². The maximum Gasteiger partial charge on any atom is 0.121 e. The number of aryl methyl sites for hydroxylation is 1. The highest BCUT2D eigenvalue weighted by Gasteiger charge is 2.26. The molecule has 1 saturated heterocycles. The van der Waals surface area contributed by atoms with Gasteiger partial charge in [-0.15, -0.1) is 11.3 Å². The van der Waals surface area contributed by atoms with Crippen LogP contribution in [0.3, 0.4) is 0 Å². The van der Waals surface area contributed by atoms with E-state index in [0.29, 0.717) is 5.75 Å². The Morgan fingerprint density at radius 3 is 2.70 bits per heavy atom. The molecule has 1 aromatic heterocycles. The van der Waals surface area contributed by atoms with Crippen molar-refractivity contribution >= 4 is 11.3 Å². The lowest BCUT2D eigenvalue weighted by atomic mass is 10.00. The van der Waals surface area contributed by atoms with E-state index in [4.69, 9.17) is 0 Å². The summed E-state index contributed by atoms with van der Waals surface area (Å²) in [6.07, 6.45) is 0. The number of rotatable bonds is 3. The first kappa shape index (κ1) is 13.6. The fourth-order valence-corrected chi connectivity index (χ4v) is 3.68. The Hall–Kier alpha value is -1.36. The molecule has 20 heavy (non-hydrogen) atoms. The zero-order chi connectivity index (χ0) is 13.9. The molecule has 1 aliphatic heterocycles. The summed E-state index contributed by atoms with van der Waals surface area (Å²) >= 11 is 1.76. The van der Waals surface area contributed by atoms with Crippen molar-refractivity contribution in [3.63, 3.8) is 0 Å². The summed E-state index contributed by atoms with van der Waals surface area (Å²) in [7, 11) is 0. The highest BCUT2D eigenvalue weighted by atomic mass is 32.1. The number of nitrogens with zero attached hydrogens (tertiary/aromatic N) is 1. The van der Waals surface area contributed by atoms with Crippen molar-refractivity contribution in [1.29, 1.82) is 0 Å². The monoisotopic (exact) mass is 288 g/mol. The van der Waals surface area contributed by atoms with Gasteiger partial charge in [0.1, 0.15) is 5.75 Å². The zero-order valence-corrected chi connectivity index (χ0v) is 12.5. The molecule has 0 aliphatic carbocycles. The Morgan fingerprint density at radius 2 is 2.05 bits per heavy atom. The van der Waals surface area contributed by atoms with Crippen LogP contribution in [0.2, 0.25) is 0 Å². The molecule has 1 aliphatic rings. The summed E-state index contributed by atoms with van der Waals surface area (Å²) in [6.45, 7) is 6.04. The maximum atomic E-state index is 10.4. The Kier molecular flexibility index (Phi) is 4.05. The second-order valence-electron chi connectivity index (χ2n) is 5.27. The highest BCUT2D eigenvalue weighted by Crippen LogP contribution is 2.36. The summed E-state index contributed by atoms with van der Waals surface area (Å²) in [4.78, 5) is 3.75. The van der Waals surface area contributed by atoms with Crippen LogP contribution in [0.15, 0.2) is 35.7 Å². The van der Waals surface area contributed by atoms with Crippen LogP contribution in [-0.4, -0.2) is 36.2 Å². The average molecular weight is 288 g/mol. The van der Waals surface area contributed by atoms with Gasteiger partial charge in [0.05, 0.1) is 6.04 Å². The molecule has 1 atom stereocenters. The van der Waals surface area contributed by atoms with Gasteiger partial charge in [-0.25, -0.2) is 0 Å². The van der Waals surface area contributed by atoms with Crippen molar-refractivity contribution in [3.05, 3.63) is 51.7 Å². The molecule has 1 fully saturated rings. The van der Waals surface area contributed by atoms with Crippen LogP contribution in [0.5, 0.6) is 5.75 Å². The zero-order valence-electron chi connectivity index (χ0n) is 11.7. The third-order valence-electron chi connectivity index (χ3n) is 3.81. The predicted molar refractivity (Wildman–Crippen MR) is 83.4 cm³/mol. The molecule has 3 nitrogen and oxygen atoms in total. The highest BCUT2D eigenvalue weighted by molar-refractivity contribution is 7.10. The van der Waals surface area contributed by atoms with Gasteiger partial charge in [0.2, 0.25) is 0 Å². The first-order valence-corrected chi connectivity index (χ1v) is 7.91. The molecule has 106 valence electrons. The van der Waals surface area contributed by atoms with E-state index in [0.717, 1.165) is 37.3 Å². The second kappa shape index (κ2) is 5.95. The summed E-state index contributed by atoms with van der Waals surface area (Å²) < 4.78 is 0. The molecule has 2 N–H and O–H groups in total. The number of hydrogen-bond donors (Lipinski definition) is 2. The molecular formula is C16H20N2OS. The summed E-state index contributed by atoms with van der Waals surface area (Å²) in [6, 6.07) is 10.4. The molecule has 4 heteroatoms. The molecule has 0 bridgehead atoms. The molecule has 0 saturated carbocycles. The van der Waals surface area contributed by atoms with Gasteiger partial charge >= 0.3 is 0 Å². The van der Waals surface area contributed by atoms with E-state index >= 15 is 0 Å². The van der Waals surface area contributed by atoms with Gasteiger partial charge in [0.15, 0.2) is 0 Å². The van der Waals surface area contributed by atoms with Crippen molar-refractivity contribution in [1.82, 2.24) is 10.2 Å². The van der Waals surface area contributed by atoms with Crippen LogP contribution in [-0.2, 0) is 0 Å². The van der Waals surface area contributed by atoms with Crippen molar-refractivity contribution in [2.24, 2.45) is 0 Å². The summed E-state index contributed by atoms with van der Waals surface area (Å²) in [5.41, 5.74) is 2.11. The minimum atomic E-state index is 0.165. The Labute approximate surface area is 123 Å². The molecular weight excluding hydrogens is 268 g/mol. The maximum absolute atomic E-state index is 10.4.